The molecule has 0 aliphatic heterocycles. The summed E-state index contributed by atoms with van der Waals surface area (Å²) in [6.45, 7) is -0.00170. The number of sulfonamides is 1. The molecule has 0 fully saturated rings. The standard InChI is InChI=1S/C16H15FN2O4S/c1-18(2)24(21,22)12-7-8-14-15(9-12)23-16(20)19(14)10-11-5-3-4-6-13(11)17/h3-9H,10H2,1-2H3. The topological polar surface area (TPSA) is 72.5 Å². The van der Waals surface area contributed by atoms with E-state index in [-0.39, 0.29) is 17.0 Å². The van der Waals surface area contributed by atoms with Gasteiger partial charge in [0.2, 0.25) is 10.0 Å². The minimum atomic E-state index is -3.64. The summed E-state index contributed by atoms with van der Waals surface area (Å²) in [7, 11) is -0.804. The average molecular weight is 350 g/mol. The Hall–Kier alpha value is -2.45. The maximum Gasteiger partial charge on any atom is 0.420 e. The van der Waals surface area contributed by atoms with Gasteiger partial charge in [-0.25, -0.2) is 21.9 Å². The number of halogens is 1. The van der Waals surface area contributed by atoms with Gasteiger partial charge in [0, 0.05) is 25.7 Å². The minimum absolute atomic E-state index is 0.00170. The summed E-state index contributed by atoms with van der Waals surface area (Å²) in [5.74, 6) is -1.10. The third-order valence-electron chi connectivity index (χ3n) is 3.70. The third-order valence-corrected chi connectivity index (χ3v) is 5.52. The van der Waals surface area contributed by atoms with Gasteiger partial charge in [0.05, 0.1) is 17.0 Å². The highest BCUT2D eigenvalue weighted by Crippen LogP contribution is 2.21. The van der Waals surface area contributed by atoms with E-state index in [4.69, 9.17) is 4.42 Å². The summed E-state index contributed by atoms with van der Waals surface area (Å²) in [6.07, 6.45) is 0. The Morgan fingerprint density at radius 2 is 1.88 bits per heavy atom. The predicted molar refractivity (Wildman–Crippen MR) is 86.8 cm³/mol. The van der Waals surface area contributed by atoms with Crippen LogP contribution in [0.15, 0.2) is 56.6 Å². The maximum absolute atomic E-state index is 13.8. The van der Waals surface area contributed by atoms with E-state index in [1.807, 2.05) is 0 Å². The lowest BCUT2D eigenvalue weighted by molar-refractivity contribution is 0.509. The largest absolute Gasteiger partial charge is 0.420 e. The molecule has 0 radical (unpaired) electrons. The highest BCUT2D eigenvalue weighted by Gasteiger charge is 2.20. The highest BCUT2D eigenvalue weighted by molar-refractivity contribution is 7.89. The van der Waals surface area contributed by atoms with Crippen LogP contribution in [-0.4, -0.2) is 31.4 Å². The summed E-state index contributed by atoms with van der Waals surface area (Å²) in [5, 5.41) is 0. The number of oxazole rings is 1. The fourth-order valence-electron chi connectivity index (χ4n) is 2.36. The quantitative estimate of drug-likeness (QED) is 0.722. The van der Waals surface area contributed by atoms with Crippen molar-refractivity contribution in [1.29, 1.82) is 0 Å². The number of hydrogen-bond donors (Lipinski definition) is 0. The molecule has 1 aromatic heterocycles. The Bertz CT molecular complexity index is 1070. The summed E-state index contributed by atoms with van der Waals surface area (Å²) in [4.78, 5) is 12.1. The number of rotatable bonds is 4. The predicted octanol–water partition coefficient (Wildman–Crippen LogP) is 2.03. The van der Waals surface area contributed by atoms with Crippen LogP contribution in [0, 0.1) is 5.82 Å². The van der Waals surface area contributed by atoms with Crippen molar-refractivity contribution in [3.63, 3.8) is 0 Å². The van der Waals surface area contributed by atoms with E-state index < -0.39 is 21.6 Å². The number of nitrogens with zero attached hydrogens (tertiary/aromatic N) is 2. The highest BCUT2D eigenvalue weighted by atomic mass is 32.2. The first-order valence-electron chi connectivity index (χ1n) is 7.10. The normalized spacial score (nSPS) is 12.2. The molecule has 126 valence electrons. The first kappa shape index (κ1) is 16.4. The molecule has 3 rings (SSSR count). The average Bonchev–Trinajstić information content (AvgIpc) is 2.84. The van der Waals surface area contributed by atoms with Crippen molar-refractivity contribution < 1.29 is 17.2 Å². The van der Waals surface area contributed by atoms with Crippen molar-refractivity contribution in [2.75, 3.05) is 14.1 Å². The summed E-state index contributed by atoms with van der Waals surface area (Å²) < 4.78 is 45.6. The van der Waals surface area contributed by atoms with E-state index in [0.29, 0.717) is 11.1 Å². The lowest BCUT2D eigenvalue weighted by atomic mass is 10.2. The molecule has 0 unspecified atom stereocenters. The number of hydrogen-bond acceptors (Lipinski definition) is 4. The van der Waals surface area contributed by atoms with Gasteiger partial charge in [-0.3, -0.25) is 4.57 Å². The van der Waals surface area contributed by atoms with Gasteiger partial charge in [-0.15, -0.1) is 0 Å². The molecule has 0 bridgehead atoms. The van der Waals surface area contributed by atoms with Gasteiger partial charge >= 0.3 is 5.76 Å². The lowest BCUT2D eigenvalue weighted by Crippen LogP contribution is -2.22. The van der Waals surface area contributed by atoms with Crippen LogP contribution in [-0.2, 0) is 16.6 Å². The van der Waals surface area contributed by atoms with Crippen LogP contribution >= 0.6 is 0 Å². The van der Waals surface area contributed by atoms with Gasteiger partial charge in [-0.2, -0.15) is 0 Å². The van der Waals surface area contributed by atoms with Gasteiger partial charge in [-0.05, 0) is 18.2 Å². The molecule has 0 N–H and O–H groups in total. The van der Waals surface area contributed by atoms with Crippen LogP contribution in [0.2, 0.25) is 0 Å². The van der Waals surface area contributed by atoms with Crippen LogP contribution < -0.4 is 5.76 Å². The Morgan fingerprint density at radius 1 is 1.17 bits per heavy atom. The van der Waals surface area contributed by atoms with Crippen molar-refractivity contribution in [3.8, 4) is 0 Å². The monoisotopic (exact) mass is 350 g/mol. The molecular weight excluding hydrogens is 335 g/mol. The van der Waals surface area contributed by atoms with Crippen molar-refractivity contribution in [2.45, 2.75) is 11.4 Å². The molecule has 24 heavy (non-hydrogen) atoms. The molecule has 0 atom stereocenters. The SMILES string of the molecule is CN(C)S(=O)(=O)c1ccc2c(c1)oc(=O)n2Cc1ccccc1F. The first-order chi connectivity index (χ1) is 11.3. The second-order valence-corrected chi connectivity index (χ2v) is 7.61. The Morgan fingerprint density at radius 3 is 2.54 bits per heavy atom. The molecule has 0 amide bonds. The fourth-order valence-corrected chi connectivity index (χ4v) is 3.28. The molecule has 2 aromatic carbocycles. The number of benzene rings is 2. The first-order valence-corrected chi connectivity index (χ1v) is 8.54. The Labute approximate surface area is 137 Å². The van der Waals surface area contributed by atoms with Gasteiger partial charge in [0.15, 0.2) is 5.58 Å². The van der Waals surface area contributed by atoms with Crippen LogP contribution in [0.5, 0.6) is 0 Å². The molecule has 0 spiro atoms. The third kappa shape index (κ3) is 2.74. The zero-order valence-corrected chi connectivity index (χ0v) is 13.9. The number of aromatic nitrogens is 1. The van der Waals surface area contributed by atoms with Gasteiger partial charge in [-0.1, -0.05) is 18.2 Å². The van der Waals surface area contributed by atoms with E-state index in [2.05, 4.69) is 0 Å². The molecule has 1 heterocycles. The molecule has 0 saturated heterocycles. The summed E-state index contributed by atoms with van der Waals surface area (Å²) in [6, 6.07) is 10.3. The molecule has 0 saturated carbocycles. The molecule has 6 nitrogen and oxygen atoms in total. The molecule has 3 aromatic rings. The lowest BCUT2D eigenvalue weighted by Gasteiger charge is -2.11. The zero-order chi connectivity index (χ0) is 17.5. The van der Waals surface area contributed by atoms with E-state index in [1.165, 1.54) is 42.9 Å². The van der Waals surface area contributed by atoms with Gasteiger partial charge in [0.25, 0.3) is 0 Å². The smallest absolute Gasteiger partial charge is 0.408 e. The van der Waals surface area contributed by atoms with Gasteiger partial charge < -0.3 is 4.42 Å². The van der Waals surface area contributed by atoms with Crippen molar-refractivity contribution in [1.82, 2.24) is 8.87 Å². The molecule has 0 aliphatic rings. The second-order valence-electron chi connectivity index (χ2n) is 5.46. The molecule has 8 heteroatoms. The van der Waals surface area contributed by atoms with Crippen LogP contribution in [0.4, 0.5) is 4.39 Å². The second kappa shape index (κ2) is 5.88. The fraction of sp³-hybridized carbons (Fsp3) is 0.188. The van der Waals surface area contributed by atoms with Gasteiger partial charge in [0.1, 0.15) is 5.82 Å². The summed E-state index contributed by atoms with van der Waals surface area (Å²) >= 11 is 0. The van der Waals surface area contributed by atoms with Crippen molar-refractivity contribution in [3.05, 3.63) is 64.4 Å². The molecular formula is C16H15FN2O4S. The van der Waals surface area contributed by atoms with E-state index >= 15 is 0 Å². The van der Waals surface area contributed by atoms with E-state index in [9.17, 15) is 17.6 Å². The van der Waals surface area contributed by atoms with Crippen molar-refractivity contribution >= 4 is 21.1 Å². The van der Waals surface area contributed by atoms with Crippen LogP contribution in [0.1, 0.15) is 5.56 Å². The van der Waals surface area contributed by atoms with E-state index in [0.717, 1.165) is 4.31 Å². The van der Waals surface area contributed by atoms with Crippen molar-refractivity contribution in [2.24, 2.45) is 0 Å². The Balaban J connectivity index is 2.11. The van der Waals surface area contributed by atoms with Crippen LogP contribution in [0.3, 0.4) is 0 Å². The Kier molecular flexibility index (Phi) is 4.02. The van der Waals surface area contributed by atoms with Crippen LogP contribution in [0.25, 0.3) is 11.1 Å². The zero-order valence-electron chi connectivity index (χ0n) is 13.1. The molecule has 0 aliphatic carbocycles. The summed E-state index contributed by atoms with van der Waals surface area (Å²) in [5.41, 5.74) is 0.882. The number of fused-ring (bicyclic) bond motifs is 1. The van der Waals surface area contributed by atoms with E-state index in [1.54, 1.807) is 18.2 Å². The minimum Gasteiger partial charge on any atom is -0.408 e. The maximum atomic E-state index is 13.8.